The van der Waals surface area contributed by atoms with Crippen LogP contribution in [-0.4, -0.2) is 35.9 Å². The number of benzene rings is 2. The molecule has 7 rings (SSSR count). The van der Waals surface area contributed by atoms with Crippen molar-refractivity contribution in [3.8, 4) is 34.1 Å². The Bertz CT molecular complexity index is 2050. The van der Waals surface area contributed by atoms with Gasteiger partial charge in [0.05, 0.1) is 36.4 Å². The fraction of sp³-hybridized carbons (Fsp3) is 0. The van der Waals surface area contributed by atoms with E-state index in [0.717, 1.165) is 16.0 Å². The Kier molecular flexibility index (Phi) is 9.10. The third kappa shape index (κ3) is 6.72. The van der Waals surface area contributed by atoms with Crippen LogP contribution in [-0.2, 0) is 0 Å². The summed E-state index contributed by atoms with van der Waals surface area (Å²) in [5, 5.41) is 12.9. The molecule has 14 heteroatoms. The summed E-state index contributed by atoms with van der Waals surface area (Å²) in [5.41, 5.74) is 1.70. The lowest BCUT2D eigenvalue weighted by Crippen LogP contribution is -2.03. The van der Waals surface area contributed by atoms with E-state index in [4.69, 9.17) is 44.3 Å². The number of hydrogen-bond donors (Lipinski definition) is 1. The quantitative estimate of drug-likeness (QED) is 0.131. The Balaban J connectivity index is 0.000000156. The lowest BCUT2D eigenvalue weighted by molar-refractivity contribution is 0.104. The summed E-state index contributed by atoms with van der Waals surface area (Å²) in [4.78, 5) is 30.5. The molecule has 5 aromatic heterocycles. The van der Waals surface area contributed by atoms with Gasteiger partial charge in [0.25, 0.3) is 0 Å². The highest BCUT2D eigenvalue weighted by Crippen LogP contribution is 2.32. The molecular weight excluding hydrogens is 663 g/mol. The van der Waals surface area contributed by atoms with Crippen molar-refractivity contribution in [2.24, 2.45) is 0 Å². The summed E-state index contributed by atoms with van der Waals surface area (Å²) in [6.45, 7) is 0. The highest BCUT2D eigenvalue weighted by Gasteiger charge is 2.17. The second kappa shape index (κ2) is 13.5. The minimum Gasteiger partial charge on any atom is -0.423 e. The first-order valence-corrected chi connectivity index (χ1v) is 15.6. The van der Waals surface area contributed by atoms with E-state index in [9.17, 15) is 4.79 Å². The minimum absolute atomic E-state index is 0.0285. The fourth-order valence-corrected chi connectivity index (χ4v) is 5.75. The van der Waals surface area contributed by atoms with Crippen LogP contribution in [0.4, 0.5) is 0 Å². The Hall–Kier alpha value is -4.39. The van der Waals surface area contributed by atoms with Crippen molar-refractivity contribution >= 4 is 74.3 Å². The van der Waals surface area contributed by atoms with Crippen molar-refractivity contribution in [2.75, 3.05) is 0 Å². The topological polar surface area (TPSA) is 116 Å². The van der Waals surface area contributed by atoms with E-state index < -0.39 is 0 Å². The van der Waals surface area contributed by atoms with Gasteiger partial charge in [-0.25, -0.2) is 9.97 Å². The number of fused-ring (bicyclic) bond motifs is 1. The Morgan fingerprint density at radius 3 is 1.98 bits per heavy atom. The van der Waals surface area contributed by atoms with E-state index in [2.05, 4.69) is 30.1 Å². The molecule has 0 aliphatic rings. The minimum atomic E-state index is -0.218. The summed E-state index contributed by atoms with van der Waals surface area (Å²) in [5.74, 6) is 0.708. The molecular formula is C30H17Cl3N6O3S2. The fourth-order valence-electron chi connectivity index (χ4n) is 3.79. The maximum absolute atomic E-state index is 12.2. The first-order valence-electron chi connectivity index (χ1n) is 12.7. The maximum atomic E-state index is 12.2. The van der Waals surface area contributed by atoms with Gasteiger partial charge >= 0.3 is 12.0 Å². The van der Waals surface area contributed by atoms with Gasteiger partial charge in [-0.2, -0.15) is 15.1 Å². The second-order valence-corrected chi connectivity index (χ2v) is 11.8. The van der Waals surface area contributed by atoms with Crippen LogP contribution in [0.15, 0.2) is 96.0 Å². The number of aromatic amines is 1. The van der Waals surface area contributed by atoms with Crippen LogP contribution >= 0.6 is 57.5 Å². The van der Waals surface area contributed by atoms with E-state index in [-0.39, 0.29) is 28.5 Å². The zero-order valence-corrected chi connectivity index (χ0v) is 26.0. The molecule has 0 atom stereocenters. The van der Waals surface area contributed by atoms with E-state index in [1.54, 1.807) is 66.1 Å². The number of ketones is 1. The first kappa shape index (κ1) is 29.7. The number of thiophene rings is 2. The van der Waals surface area contributed by atoms with Gasteiger partial charge in [-0.15, -0.1) is 22.7 Å². The van der Waals surface area contributed by atoms with E-state index in [0.29, 0.717) is 32.1 Å². The molecule has 0 bridgehead atoms. The summed E-state index contributed by atoms with van der Waals surface area (Å²) in [6.07, 6.45) is 3.05. The molecule has 0 fully saturated rings. The third-order valence-corrected chi connectivity index (χ3v) is 8.51. The molecule has 218 valence electrons. The SMILES string of the molecule is Clc1ccccc1Oc1ncc2c(-c3cccs3)[nH]nc2n1.O=C(c1cccs1)c1cnc(Oc2ccccc2Cl)nc1Cl. The number of H-pyrrole nitrogens is 1. The largest absolute Gasteiger partial charge is 0.423 e. The van der Waals surface area contributed by atoms with Crippen LogP contribution in [0.5, 0.6) is 23.5 Å². The summed E-state index contributed by atoms with van der Waals surface area (Å²) in [7, 11) is 0. The molecule has 7 aromatic rings. The van der Waals surface area contributed by atoms with Crippen LogP contribution in [0.25, 0.3) is 21.6 Å². The van der Waals surface area contributed by atoms with E-state index >= 15 is 0 Å². The Morgan fingerprint density at radius 2 is 1.36 bits per heavy atom. The number of carbonyl (C=O) groups is 1. The number of aromatic nitrogens is 6. The van der Waals surface area contributed by atoms with E-state index in [1.165, 1.54) is 17.5 Å². The van der Waals surface area contributed by atoms with Crippen LogP contribution in [0.2, 0.25) is 15.2 Å². The van der Waals surface area contributed by atoms with Crippen molar-refractivity contribution in [1.29, 1.82) is 0 Å². The van der Waals surface area contributed by atoms with Gasteiger partial charge in [0.15, 0.2) is 5.65 Å². The molecule has 0 aliphatic carbocycles. The van der Waals surface area contributed by atoms with Crippen LogP contribution in [0.1, 0.15) is 15.2 Å². The van der Waals surface area contributed by atoms with Gasteiger partial charge in [-0.05, 0) is 47.2 Å². The number of carbonyl (C=O) groups excluding carboxylic acids is 1. The monoisotopic (exact) mass is 678 g/mol. The average Bonchev–Trinajstić information content (AvgIpc) is 3.82. The predicted molar refractivity (Wildman–Crippen MR) is 173 cm³/mol. The molecule has 0 radical (unpaired) electrons. The van der Waals surface area contributed by atoms with E-state index in [1.807, 2.05) is 35.0 Å². The molecule has 44 heavy (non-hydrogen) atoms. The number of para-hydroxylation sites is 2. The number of halogens is 3. The van der Waals surface area contributed by atoms with Gasteiger partial charge in [-0.1, -0.05) is 71.2 Å². The van der Waals surface area contributed by atoms with Crippen molar-refractivity contribution in [1.82, 2.24) is 30.1 Å². The lowest BCUT2D eigenvalue weighted by Gasteiger charge is -2.07. The second-order valence-electron chi connectivity index (χ2n) is 8.69. The van der Waals surface area contributed by atoms with Gasteiger partial charge in [0.1, 0.15) is 16.7 Å². The normalized spacial score (nSPS) is 10.7. The molecule has 0 amide bonds. The maximum Gasteiger partial charge on any atom is 0.324 e. The van der Waals surface area contributed by atoms with Gasteiger partial charge in [0, 0.05) is 12.4 Å². The number of rotatable bonds is 7. The predicted octanol–water partition coefficient (Wildman–Crippen LogP) is 9.40. The van der Waals surface area contributed by atoms with Crippen molar-refractivity contribution in [3.63, 3.8) is 0 Å². The molecule has 0 spiro atoms. The standard InChI is InChI=1S/C15H8Cl2N2O2S.C15H9ClN4OS/c16-10-4-1-2-5-11(10)21-15-18-8-9(14(17)19-15)13(20)12-6-3-7-22-12;16-10-4-1-2-5-11(10)21-15-17-8-9-13(12-6-3-7-22-12)19-20-14(9)18-15/h1-8H;1-8H,(H,17,18,19,20). The highest BCUT2D eigenvalue weighted by molar-refractivity contribution is 7.13. The number of nitrogens with zero attached hydrogens (tertiary/aromatic N) is 5. The molecule has 2 aromatic carbocycles. The number of nitrogens with one attached hydrogen (secondary N) is 1. The van der Waals surface area contributed by atoms with Gasteiger partial charge < -0.3 is 9.47 Å². The molecule has 0 saturated carbocycles. The Morgan fingerprint density at radius 1 is 0.727 bits per heavy atom. The molecule has 9 nitrogen and oxygen atoms in total. The van der Waals surface area contributed by atoms with Crippen molar-refractivity contribution < 1.29 is 14.3 Å². The molecule has 0 unspecified atom stereocenters. The first-order chi connectivity index (χ1) is 21.5. The number of ether oxygens (including phenoxy) is 2. The molecule has 1 N–H and O–H groups in total. The number of hydrogen-bond acceptors (Lipinski definition) is 10. The van der Waals surface area contributed by atoms with Crippen molar-refractivity contribution in [3.05, 3.63) is 122 Å². The smallest absolute Gasteiger partial charge is 0.324 e. The lowest BCUT2D eigenvalue weighted by atomic mass is 10.2. The third-order valence-electron chi connectivity index (χ3n) is 5.84. The zero-order valence-electron chi connectivity index (χ0n) is 22.1. The highest BCUT2D eigenvalue weighted by atomic mass is 35.5. The molecule has 0 saturated heterocycles. The zero-order chi connectivity index (χ0) is 30.5. The van der Waals surface area contributed by atoms with Gasteiger partial charge in [-0.3, -0.25) is 9.89 Å². The summed E-state index contributed by atoms with van der Waals surface area (Å²) < 4.78 is 11.1. The molecule has 0 aliphatic heterocycles. The van der Waals surface area contributed by atoms with Crippen molar-refractivity contribution in [2.45, 2.75) is 0 Å². The summed E-state index contributed by atoms with van der Waals surface area (Å²) >= 11 is 21.1. The van der Waals surface area contributed by atoms with Crippen LogP contribution in [0.3, 0.4) is 0 Å². The Labute approximate surface area is 273 Å². The summed E-state index contributed by atoms with van der Waals surface area (Å²) in [6, 6.07) is 21.9. The molecule has 5 heterocycles. The van der Waals surface area contributed by atoms with Gasteiger partial charge in [0.2, 0.25) is 5.78 Å². The average molecular weight is 680 g/mol. The van der Waals surface area contributed by atoms with Crippen LogP contribution in [0, 0.1) is 0 Å². The van der Waals surface area contributed by atoms with Crippen LogP contribution < -0.4 is 9.47 Å².